The smallest absolute Gasteiger partial charge is 0.261 e. The monoisotopic (exact) mass is 341 g/mol. The van der Waals surface area contributed by atoms with E-state index in [4.69, 9.17) is 0 Å². The minimum atomic E-state index is -0.944. The number of carbonyl (C=O) groups excluding carboxylic acids is 2. The Labute approximate surface area is 145 Å². The molecular formula is C18H19N3O2S. The van der Waals surface area contributed by atoms with Crippen LogP contribution in [0, 0.1) is 23.7 Å². The molecule has 3 aliphatic rings. The van der Waals surface area contributed by atoms with Crippen molar-refractivity contribution in [1.82, 2.24) is 9.80 Å². The Bertz CT molecular complexity index is 817. The number of fused-ring (bicyclic) bond motifs is 1. The second-order valence-electron chi connectivity index (χ2n) is 7.43. The van der Waals surface area contributed by atoms with Gasteiger partial charge in [-0.15, -0.1) is 0 Å². The van der Waals surface area contributed by atoms with Crippen molar-refractivity contribution in [3.8, 4) is 6.07 Å². The van der Waals surface area contributed by atoms with Crippen LogP contribution in [0.1, 0.15) is 37.4 Å². The van der Waals surface area contributed by atoms with Crippen LogP contribution in [0.2, 0.25) is 0 Å². The van der Waals surface area contributed by atoms with Gasteiger partial charge in [-0.25, -0.2) is 0 Å². The van der Waals surface area contributed by atoms with Gasteiger partial charge < -0.3 is 9.80 Å². The van der Waals surface area contributed by atoms with Gasteiger partial charge in [-0.3, -0.25) is 9.59 Å². The Morgan fingerprint density at radius 2 is 1.83 bits per heavy atom. The van der Waals surface area contributed by atoms with Gasteiger partial charge in [0.1, 0.15) is 0 Å². The van der Waals surface area contributed by atoms with Gasteiger partial charge in [0.2, 0.25) is 0 Å². The first-order chi connectivity index (χ1) is 11.2. The van der Waals surface area contributed by atoms with E-state index in [-0.39, 0.29) is 11.8 Å². The molecule has 1 aromatic carbocycles. The lowest BCUT2D eigenvalue weighted by molar-refractivity contribution is -0.159. The fourth-order valence-electron chi connectivity index (χ4n) is 4.39. The highest BCUT2D eigenvalue weighted by atomic mass is 32.2. The van der Waals surface area contributed by atoms with E-state index < -0.39 is 21.2 Å². The molecule has 1 aromatic rings. The number of aryl methyl sites for hydroxylation is 1. The van der Waals surface area contributed by atoms with E-state index in [1.807, 2.05) is 38.1 Å². The van der Waals surface area contributed by atoms with Crippen LogP contribution in [0.3, 0.4) is 0 Å². The topological polar surface area (TPSA) is 64.4 Å². The summed E-state index contributed by atoms with van der Waals surface area (Å²) < 4.78 is 0. The van der Waals surface area contributed by atoms with E-state index >= 15 is 0 Å². The average Bonchev–Trinajstić information content (AvgIpc) is 3.02. The van der Waals surface area contributed by atoms with Crippen molar-refractivity contribution in [1.29, 1.82) is 5.26 Å². The fraction of sp³-hybridized carbons (Fsp3) is 0.500. The maximum Gasteiger partial charge on any atom is 0.261 e. The molecule has 2 unspecified atom stereocenters. The number of nitrogens with zero attached hydrogens (tertiary/aromatic N) is 3. The molecule has 0 saturated carbocycles. The Morgan fingerprint density at radius 3 is 2.42 bits per heavy atom. The van der Waals surface area contributed by atoms with Gasteiger partial charge in [0, 0.05) is 13.5 Å². The first-order valence-corrected chi connectivity index (χ1v) is 8.81. The zero-order chi connectivity index (χ0) is 17.5. The molecule has 3 saturated heterocycles. The van der Waals surface area contributed by atoms with Gasteiger partial charge in [-0.05, 0) is 26.3 Å². The molecular weight excluding hydrogens is 322 g/mol. The van der Waals surface area contributed by atoms with Crippen LogP contribution in [0.15, 0.2) is 24.3 Å². The third kappa shape index (κ3) is 1.52. The third-order valence-corrected chi connectivity index (χ3v) is 7.47. The molecule has 5 nitrogen and oxygen atoms in total. The van der Waals surface area contributed by atoms with E-state index in [0.29, 0.717) is 6.42 Å². The highest BCUT2D eigenvalue weighted by Gasteiger charge is 2.78. The summed E-state index contributed by atoms with van der Waals surface area (Å²) in [6, 6.07) is 9.91. The summed E-state index contributed by atoms with van der Waals surface area (Å²) in [6.45, 7) is 5.67. The first kappa shape index (κ1) is 15.5. The molecule has 0 N–H and O–H groups in total. The predicted octanol–water partition coefficient (Wildman–Crippen LogP) is 2.43. The van der Waals surface area contributed by atoms with Gasteiger partial charge in [-0.2, -0.15) is 5.26 Å². The van der Waals surface area contributed by atoms with E-state index in [0.717, 1.165) is 11.1 Å². The number of hydrogen-bond acceptors (Lipinski definition) is 4. The van der Waals surface area contributed by atoms with Crippen molar-refractivity contribution >= 4 is 23.6 Å². The molecule has 3 fully saturated rings. The second-order valence-corrected chi connectivity index (χ2v) is 9.10. The number of thioether (sulfide) groups is 1. The van der Waals surface area contributed by atoms with Crippen molar-refractivity contribution in [2.75, 3.05) is 7.05 Å². The number of hydrogen-bond donors (Lipinski definition) is 0. The van der Waals surface area contributed by atoms with Crippen molar-refractivity contribution < 1.29 is 9.59 Å². The van der Waals surface area contributed by atoms with Crippen molar-refractivity contribution in [3.63, 3.8) is 0 Å². The summed E-state index contributed by atoms with van der Waals surface area (Å²) in [5.74, 6) is -0.134. The Balaban J connectivity index is 1.92. The van der Waals surface area contributed by atoms with Gasteiger partial charge in [-0.1, -0.05) is 41.6 Å². The minimum absolute atomic E-state index is 0.0642. The van der Waals surface area contributed by atoms with Gasteiger partial charge in [0.25, 0.3) is 11.8 Å². The lowest BCUT2D eigenvalue weighted by atomic mass is 9.79. The fourth-order valence-corrected chi connectivity index (χ4v) is 6.34. The zero-order valence-corrected chi connectivity index (χ0v) is 15.0. The van der Waals surface area contributed by atoms with Crippen LogP contribution in [-0.2, 0) is 9.59 Å². The standard InChI is InChI=1S/C18H19N3O2S/c1-11-5-7-12(8-6-11)13-16(2,10-19)9-18-15(23)20(4)17(3,24-18)14(22)21(13)18/h5-8,13H,9H2,1-4H3/t13-,16+,17?,18?/m0/s1. The average molecular weight is 341 g/mol. The summed E-state index contributed by atoms with van der Waals surface area (Å²) >= 11 is 1.40. The summed E-state index contributed by atoms with van der Waals surface area (Å²) in [5, 5.41) is 9.87. The number of rotatable bonds is 1. The first-order valence-electron chi connectivity index (χ1n) is 8.00. The summed E-state index contributed by atoms with van der Waals surface area (Å²) in [6.07, 6.45) is 0.365. The molecule has 4 atom stereocenters. The second kappa shape index (κ2) is 4.34. The molecule has 0 radical (unpaired) electrons. The molecule has 2 amide bonds. The molecule has 3 aliphatic heterocycles. The number of likely N-dealkylation sites (N-methyl/N-ethyl adjacent to an activating group) is 1. The van der Waals surface area contributed by atoms with E-state index in [1.54, 1.807) is 23.8 Å². The normalized spacial score (nSPS) is 40.2. The number of benzene rings is 1. The third-order valence-electron chi connectivity index (χ3n) is 5.77. The van der Waals surface area contributed by atoms with Gasteiger partial charge in [0.05, 0.1) is 17.5 Å². The Hall–Kier alpha value is -2.00. The van der Waals surface area contributed by atoms with Crippen LogP contribution in [0.5, 0.6) is 0 Å². The predicted molar refractivity (Wildman–Crippen MR) is 90.6 cm³/mol. The highest BCUT2D eigenvalue weighted by Crippen LogP contribution is 2.69. The van der Waals surface area contributed by atoms with Gasteiger partial charge in [0.15, 0.2) is 9.74 Å². The molecule has 2 bridgehead atoms. The van der Waals surface area contributed by atoms with Crippen molar-refractivity contribution in [2.24, 2.45) is 5.41 Å². The number of nitriles is 1. The van der Waals surface area contributed by atoms with Crippen LogP contribution in [0.4, 0.5) is 0 Å². The highest BCUT2D eigenvalue weighted by molar-refractivity contribution is 8.04. The molecule has 3 heterocycles. The molecule has 0 aliphatic carbocycles. The zero-order valence-electron chi connectivity index (χ0n) is 14.2. The summed E-state index contributed by atoms with van der Waals surface area (Å²) in [5.41, 5.74) is 1.25. The van der Waals surface area contributed by atoms with Crippen LogP contribution >= 0.6 is 11.8 Å². The van der Waals surface area contributed by atoms with E-state index in [9.17, 15) is 14.9 Å². The van der Waals surface area contributed by atoms with Crippen LogP contribution < -0.4 is 0 Å². The van der Waals surface area contributed by atoms with E-state index in [1.165, 1.54) is 11.8 Å². The largest absolute Gasteiger partial charge is 0.320 e. The minimum Gasteiger partial charge on any atom is -0.320 e. The Kier molecular flexibility index (Phi) is 2.81. The lowest BCUT2D eigenvalue weighted by Gasteiger charge is -2.40. The molecule has 1 spiro atoms. The maximum atomic E-state index is 13.2. The molecule has 6 heteroatoms. The number of piperazine rings is 1. The van der Waals surface area contributed by atoms with Crippen molar-refractivity contribution in [3.05, 3.63) is 35.4 Å². The summed E-state index contributed by atoms with van der Waals surface area (Å²) in [4.78, 5) is 27.6. The van der Waals surface area contributed by atoms with Crippen LogP contribution in [-0.4, -0.2) is 38.4 Å². The SMILES string of the molecule is Cc1ccc([C@@H]2N3C(=O)C4(C)SC3(C[C@]2(C)C#N)C(=O)N4C)cc1. The number of carbonyl (C=O) groups is 2. The molecule has 0 aromatic heterocycles. The van der Waals surface area contributed by atoms with Crippen molar-refractivity contribution in [2.45, 2.75) is 43.0 Å². The lowest BCUT2D eigenvalue weighted by Crippen LogP contribution is -2.60. The van der Waals surface area contributed by atoms with Crippen LogP contribution in [0.25, 0.3) is 0 Å². The summed E-state index contributed by atoms with van der Waals surface area (Å²) in [7, 11) is 1.68. The quantitative estimate of drug-likeness (QED) is 0.787. The maximum absolute atomic E-state index is 13.2. The molecule has 124 valence electrons. The molecule has 24 heavy (non-hydrogen) atoms. The number of amides is 2. The van der Waals surface area contributed by atoms with E-state index in [2.05, 4.69) is 6.07 Å². The molecule has 4 rings (SSSR count). The Morgan fingerprint density at radius 1 is 1.21 bits per heavy atom. The van der Waals surface area contributed by atoms with Gasteiger partial charge >= 0.3 is 0 Å².